The zero-order valence-corrected chi connectivity index (χ0v) is 14.0. The second kappa shape index (κ2) is 6.66. The zero-order valence-electron chi connectivity index (χ0n) is 13.2. The monoisotopic (exact) mass is 342 g/mol. The van der Waals surface area contributed by atoms with Crippen molar-refractivity contribution in [1.29, 1.82) is 0 Å². The highest BCUT2D eigenvalue weighted by atomic mass is 32.1. The molecule has 0 spiro atoms. The Balaban J connectivity index is 1.33. The molecule has 1 saturated heterocycles. The summed E-state index contributed by atoms with van der Waals surface area (Å²) in [4.78, 5) is 21.0. The number of nitrogens with zero attached hydrogens (tertiary/aromatic N) is 6. The summed E-state index contributed by atoms with van der Waals surface area (Å²) in [5, 5.41) is 0. The molecule has 0 atom stereocenters. The third-order valence-electron chi connectivity index (χ3n) is 4.39. The summed E-state index contributed by atoms with van der Waals surface area (Å²) in [6, 6.07) is 5.55. The summed E-state index contributed by atoms with van der Waals surface area (Å²) < 4.78 is 10.5. The maximum Gasteiger partial charge on any atom is 0.254 e. The number of amides is 1. The highest BCUT2D eigenvalue weighted by Gasteiger charge is 2.22. The summed E-state index contributed by atoms with van der Waals surface area (Å²) in [6.45, 7) is 5.24. The molecule has 124 valence electrons. The average Bonchev–Trinajstić information content (AvgIpc) is 3.30. The molecule has 24 heavy (non-hydrogen) atoms. The lowest BCUT2D eigenvalue weighted by molar-refractivity contribution is 0.0633. The predicted octanol–water partition coefficient (Wildman–Crippen LogP) is 1.35. The van der Waals surface area contributed by atoms with Gasteiger partial charge in [0, 0.05) is 57.2 Å². The van der Waals surface area contributed by atoms with Crippen molar-refractivity contribution < 1.29 is 4.79 Å². The van der Waals surface area contributed by atoms with Crippen LogP contribution in [0.3, 0.4) is 0 Å². The molecule has 0 bridgehead atoms. The molecular formula is C16H18N6OS. The molecule has 2 aromatic heterocycles. The Morgan fingerprint density at radius 3 is 2.71 bits per heavy atom. The summed E-state index contributed by atoms with van der Waals surface area (Å²) >= 11 is 1.18. The van der Waals surface area contributed by atoms with Crippen LogP contribution >= 0.6 is 11.7 Å². The van der Waals surface area contributed by atoms with E-state index in [2.05, 4.69) is 23.2 Å². The van der Waals surface area contributed by atoms with E-state index in [9.17, 15) is 4.79 Å². The molecule has 7 nitrogen and oxygen atoms in total. The number of imidazole rings is 1. The van der Waals surface area contributed by atoms with E-state index in [4.69, 9.17) is 0 Å². The number of rotatable bonds is 4. The normalized spacial score (nSPS) is 15.9. The molecule has 1 amide bonds. The molecule has 0 saturated carbocycles. The molecule has 1 aromatic carbocycles. The Bertz CT molecular complexity index is 822. The SMILES string of the molecule is O=C(c1ccc2nsnc2c1)N1CCN(CCn2ccnc2)CC1. The number of benzene rings is 1. The standard InChI is InChI=1S/C16H18N6OS/c23-16(13-1-2-14-15(11-13)19-24-18-14)22-9-7-20(8-10-22)5-6-21-4-3-17-12-21/h1-4,11-12H,5-10H2. The predicted molar refractivity (Wildman–Crippen MR) is 92.0 cm³/mol. The maximum atomic E-state index is 12.7. The van der Waals surface area contributed by atoms with Crippen molar-refractivity contribution in [2.24, 2.45) is 0 Å². The van der Waals surface area contributed by atoms with Crippen LogP contribution in [-0.4, -0.2) is 66.7 Å². The van der Waals surface area contributed by atoms with Gasteiger partial charge in [0.2, 0.25) is 0 Å². The fraction of sp³-hybridized carbons (Fsp3) is 0.375. The lowest BCUT2D eigenvalue weighted by Gasteiger charge is -2.34. The summed E-state index contributed by atoms with van der Waals surface area (Å²) in [6.07, 6.45) is 5.61. The number of piperazine rings is 1. The lowest BCUT2D eigenvalue weighted by atomic mass is 10.1. The number of carbonyl (C=O) groups is 1. The van der Waals surface area contributed by atoms with Crippen molar-refractivity contribution in [3.8, 4) is 0 Å². The number of hydrogen-bond acceptors (Lipinski definition) is 6. The first-order valence-electron chi connectivity index (χ1n) is 7.99. The van der Waals surface area contributed by atoms with Crippen LogP contribution in [0.2, 0.25) is 0 Å². The smallest absolute Gasteiger partial charge is 0.254 e. The minimum atomic E-state index is 0.0826. The van der Waals surface area contributed by atoms with Gasteiger partial charge in [0.1, 0.15) is 11.0 Å². The minimum Gasteiger partial charge on any atom is -0.336 e. The molecule has 8 heteroatoms. The third kappa shape index (κ3) is 3.15. The van der Waals surface area contributed by atoms with Gasteiger partial charge in [-0.2, -0.15) is 8.75 Å². The minimum absolute atomic E-state index is 0.0826. The second-order valence-electron chi connectivity index (χ2n) is 5.90. The number of carbonyl (C=O) groups excluding carboxylic acids is 1. The largest absolute Gasteiger partial charge is 0.336 e. The molecule has 4 rings (SSSR count). The van der Waals surface area contributed by atoms with Gasteiger partial charge in [-0.25, -0.2) is 4.98 Å². The van der Waals surface area contributed by atoms with Crippen LogP contribution in [0, 0.1) is 0 Å². The first-order chi connectivity index (χ1) is 11.8. The highest BCUT2D eigenvalue weighted by Crippen LogP contribution is 2.16. The van der Waals surface area contributed by atoms with Crippen molar-refractivity contribution in [3.63, 3.8) is 0 Å². The first-order valence-corrected chi connectivity index (χ1v) is 8.72. The Morgan fingerprint density at radius 1 is 1.08 bits per heavy atom. The Morgan fingerprint density at radius 2 is 1.92 bits per heavy atom. The fourth-order valence-corrected chi connectivity index (χ4v) is 3.47. The molecule has 1 aliphatic heterocycles. The van der Waals surface area contributed by atoms with Gasteiger partial charge in [-0.1, -0.05) is 0 Å². The van der Waals surface area contributed by atoms with Gasteiger partial charge in [0.15, 0.2) is 0 Å². The second-order valence-corrected chi connectivity index (χ2v) is 6.43. The number of aromatic nitrogens is 4. The van der Waals surface area contributed by atoms with Crippen LogP contribution in [0.5, 0.6) is 0 Å². The lowest BCUT2D eigenvalue weighted by Crippen LogP contribution is -2.49. The zero-order chi connectivity index (χ0) is 16.4. The molecule has 3 heterocycles. The van der Waals surface area contributed by atoms with Crippen molar-refractivity contribution in [2.45, 2.75) is 6.54 Å². The molecule has 0 aliphatic carbocycles. The topological polar surface area (TPSA) is 67.2 Å². The average molecular weight is 342 g/mol. The Labute approximate surface area is 143 Å². The van der Waals surface area contributed by atoms with Gasteiger partial charge in [0.25, 0.3) is 5.91 Å². The van der Waals surface area contributed by atoms with E-state index >= 15 is 0 Å². The van der Waals surface area contributed by atoms with Gasteiger partial charge in [0.05, 0.1) is 18.1 Å². The Hall–Kier alpha value is -2.32. The quantitative estimate of drug-likeness (QED) is 0.716. The van der Waals surface area contributed by atoms with Gasteiger partial charge < -0.3 is 9.47 Å². The van der Waals surface area contributed by atoms with Crippen molar-refractivity contribution in [1.82, 2.24) is 28.1 Å². The number of fused-ring (bicyclic) bond motifs is 1. The van der Waals surface area contributed by atoms with E-state index < -0.39 is 0 Å². The van der Waals surface area contributed by atoms with Gasteiger partial charge in [-0.3, -0.25) is 9.69 Å². The van der Waals surface area contributed by atoms with E-state index in [0.29, 0.717) is 5.56 Å². The summed E-state index contributed by atoms with van der Waals surface area (Å²) in [5.41, 5.74) is 2.34. The molecule has 1 aliphatic rings. The van der Waals surface area contributed by atoms with E-state index in [1.54, 1.807) is 6.20 Å². The Kier molecular flexibility index (Phi) is 4.22. The van der Waals surface area contributed by atoms with Crippen molar-refractivity contribution in [2.75, 3.05) is 32.7 Å². The molecule has 1 fully saturated rings. The number of hydrogen-bond donors (Lipinski definition) is 0. The van der Waals surface area contributed by atoms with E-state index in [1.807, 2.05) is 35.6 Å². The third-order valence-corrected chi connectivity index (χ3v) is 4.95. The molecule has 3 aromatic rings. The molecule has 0 radical (unpaired) electrons. The van der Waals surface area contributed by atoms with Gasteiger partial charge >= 0.3 is 0 Å². The highest BCUT2D eigenvalue weighted by molar-refractivity contribution is 7.00. The van der Waals surface area contributed by atoms with Gasteiger partial charge in [-0.05, 0) is 18.2 Å². The summed E-state index contributed by atoms with van der Waals surface area (Å²) in [5.74, 6) is 0.0826. The van der Waals surface area contributed by atoms with Crippen molar-refractivity contribution in [3.05, 3.63) is 42.5 Å². The van der Waals surface area contributed by atoms with Crippen LogP contribution < -0.4 is 0 Å². The first kappa shape index (κ1) is 15.2. The van der Waals surface area contributed by atoms with Crippen molar-refractivity contribution >= 4 is 28.7 Å². The van der Waals surface area contributed by atoms with Crippen LogP contribution in [0.1, 0.15) is 10.4 Å². The summed E-state index contributed by atoms with van der Waals surface area (Å²) in [7, 11) is 0. The van der Waals surface area contributed by atoms with E-state index in [0.717, 1.165) is 50.3 Å². The van der Waals surface area contributed by atoms with Crippen LogP contribution in [0.15, 0.2) is 36.9 Å². The molecule has 0 unspecified atom stereocenters. The van der Waals surface area contributed by atoms with E-state index in [-0.39, 0.29) is 5.91 Å². The van der Waals surface area contributed by atoms with Crippen LogP contribution in [-0.2, 0) is 6.54 Å². The molecular weight excluding hydrogens is 324 g/mol. The molecule has 0 N–H and O–H groups in total. The fourth-order valence-electron chi connectivity index (χ4n) is 2.95. The van der Waals surface area contributed by atoms with Crippen LogP contribution in [0.4, 0.5) is 0 Å². The van der Waals surface area contributed by atoms with Gasteiger partial charge in [-0.15, -0.1) is 0 Å². The maximum absolute atomic E-state index is 12.7. The van der Waals surface area contributed by atoms with E-state index in [1.165, 1.54) is 11.7 Å². The van der Waals surface area contributed by atoms with Crippen LogP contribution in [0.25, 0.3) is 11.0 Å².